The normalized spacial score (nSPS) is 21.4. The monoisotopic (exact) mass is 348 g/mol. The molecule has 0 bridgehead atoms. The summed E-state index contributed by atoms with van der Waals surface area (Å²) in [6.45, 7) is 7.32. The van der Waals surface area contributed by atoms with Gasteiger partial charge in [0.2, 0.25) is 0 Å². The third-order valence-corrected chi connectivity index (χ3v) is 5.34. The number of nitrogens with one attached hydrogen (secondary N) is 1. The average Bonchev–Trinajstić information content (AvgIpc) is 3.19. The molecular formula is C22H28N4. The lowest BCUT2D eigenvalue weighted by molar-refractivity contribution is 0.0672. The first-order valence-electron chi connectivity index (χ1n) is 9.68. The Morgan fingerprint density at radius 3 is 2.23 bits per heavy atom. The fraction of sp³-hybridized carbons (Fsp3) is 0.409. The lowest BCUT2D eigenvalue weighted by atomic mass is 10.0. The molecule has 0 radical (unpaired) electrons. The third kappa shape index (κ3) is 4.51. The van der Waals surface area contributed by atoms with Crippen LogP contribution in [0.4, 0.5) is 0 Å². The number of hydrogen-bond donors (Lipinski definition) is 1. The summed E-state index contributed by atoms with van der Waals surface area (Å²) in [5, 5.41) is 3.46. The van der Waals surface area contributed by atoms with Crippen molar-refractivity contribution in [2.24, 2.45) is 4.99 Å². The molecule has 1 fully saturated rings. The molecule has 0 aliphatic carbocycles. The van der Waals surface area contributed by atoms with Gasteiger partial charge in [-0.25, -0.2) is 0 Å². The molecule has 4 rings (SSSR count). The highest BCUT2D eigenvalue weighted by atomic mass is 15.3. The van der Waals surface area contributed by atoms with Gasteiger partial charge in [-0.2, -0.15) is 0 Å². The van der Waals surface area contributed by atoms with Crippen molar-refractivity contribution in [3.8, 4) is 0 Å². The summed E-state index contributed by atoms with van der Waals surface area (Å²) >= 11 is 0. The van der Waals surface area contributed by atoms with E-state index in [1.165, 1.54) is 17.0 Å². The highest BCUT2D eigenvalue weighted by Gasteiger charge is 2.28. The minimum atomic E-state index is 0.511. The van der Waals surface area contributed by atoms with Gasteiger partial charge in [0.05, 0.1) is 12.4 Å². The van der Waals surface area contributed by atoms with Gasteiger partial charge in [0.15, 0.2) is 0 Å². The largest absolute Gasteiger partial charge is 0.372 e. The first-order chi connectivity index (χ1) is 12.9. The van der Waals surface area contributed by atoms with Gasteiger partial charge in [-0.3, -0.25) is 14.8 Å². The van der Waals surface area contributed by atoms with Crippen molar-refractivity contribution in [1.29, 1.82) is 0 Å². The van der Waals surface area contributed by atoms with Crippen LogP contribution in [0.25, 0.3) is 0 Å². The van der Waals surface area contributed by atoms with Crippen LogP contribution in [0, 0.1) is 0 Å². The van der Waals surface area contributed by atoms with E-state index in [1.54, 1.807) is 0 Å². The first-order valence-corrected chi connectivity index (χ1v) is 9.68. The Morgan fingerprint density at radius 1 is 0.885 bits per heavy atom. The van der Waals surface area contributed by atoms with E-state index in [0.29, 0.717) is 6.04 Å². The molecular weight excluding hydrogens is 320 g/mol. The highest BCUT2D eigenvalue weighted by molar-refractivity contribution is 5.84. The quantitative estimate of drug-likeness (QED) is 0.871. The van der Waals surface area contributed by atoms with E-state index >= 15 is 0 Å². The topological polar surface area (TPSA) is 30.9 Å². The van der Waals surface area contributed by atoms with Gasteiger partial charge in [-0.15, -0.1) is 0 Å². The zero-order valence-electron chi connectivity index (χ0n) is 15.3. The lowest BCUT2D eigenvalue weighted by Crippen LogP contribution is -2.53. The van der Waals surface area contributed by atoms with Crippen LogP contribution in [0.1, 0.15) is 17.5 Å². The number of nitrogens with zero attached hydrogens (tertiary/aromatic N) is 3. The average molecular weight is 348 g/mol. The molecule has 1 atom stereocenters. The van der Waals surface area contributed by atoms with Crippen LogP contribution < -0.4 is 5.32 Å². The SMILES string of the molecule is c1ccc(CN2CCN(Cc3ccccc3)C(CC3=NCCN3)C2)cc1. The van der Waals surface area contributed by atoms with Crippen LogP contribution in [0.5, 0.6) is 0 Å². The second kappa shape index (κ2) is 8.47. The minimum Gasteiger partial charge on any atom is -0.372 e. The molecule has 0 amide bonds. The zero-order chi connectivity index (χ0) is 17.6. The summed E-state index contributed by atoms with van der Waals surface area (Å²) in [6, 6.07) is 22.2. The Bertz CT molecular complexity index is 713. The van der Waals surface area contributed by atoms with Crippen molar-refractivity contribution in [3.63, 3.8) is 0 Å². The van der Waals surface area contributed by atoms with E-state index in [4.69, 9.17) is 0 Å². The summed E-state index contributed by atoms with van der Waals surface area (Å²) in [7, 11) is 0. The van der Waals surface area contributed by atoms with Crippen molar-refractivity contribution in [3.05, 3.63) is 71.8 Å². The molecule has 1 unspecified atom stereocenters. The Balaban J connectivity index is 1.44. The van der Waals surface area contributed by atoms with Crippen LogP contribution in [0.2, 0.25) is 0 Å². The Kier molecular flexibility index (Phi) is 5.62. The fourth-order valence-electron chi connectivity index (χ4n) is 3.97. The van der Waals surface area contributed by atoms with Crippen molar-refractivity contribution < 1.29 is 0 Å². The number of benzene rings is 2. The van der Waals surface area contributed by atoms with Gasteiger partial charge >= 0.3 is 0 Å². The standard InChI is InChI=1S/C22H28N4/c1-3-7-19(8-4-1)16-25-13-14-26(17-20-9-5-2-6-10-20)21(18-25)15-22-23-11-12-24-22/h1-10,21H,11-18H2,(H,23,24). The van der Waals surface area contributed by atoms with Gasteiger partial charge in [0.1, 0.15) is 0 Å². The molecule has 2 aromatic carbocycles. The number of rotatable bonds is 6. The highest BCUT2D eigenvalue weighted by Crippen LogP contribution is 2.19. The predicted molar refractivity (Wildman–Crippen MR) is 107 cm³/mol. The maximum absolute atomic E-state index is 4.64. The second-order valence-corrected chi connectivity index (χ2v) is 7.29. The number of hydrogen-bond acceptors (Lipinski definition) is 4. The van der Waals surface area contributed by atoms with Crippen LogP contribution >= 0.6 is 0 Å². The molecule has 0 saturated carbocycles. The molecule has 26 heavy (non-hydrogen) atoms. The Hall–Kier alpha value is -2.17. The minimum absolute atomic E-state index is 0.511. The maximum Gasteiger partial charge on any atom is 0.0980 e. The zero-order valence-corrected chi connectivity index (χ0v) is 15.3. The van der Waals surface area contributed by atoms with Crippen LogP contribution in [-0.4, -0.2) is 54.4 Å². The molecule has 1 saturated heterocycles. The smallest absolute Gasteiger partial charge is 0.0980 e. The molecule has 2 aliphatic heterocycles. The van der Waals surface area contributed by atoms with Crippen molar-refractivity contribution in [2.75, 3.05) is 32.7 Å². The predicted octanol–water partition coefficient (Wildman–Crippen LogP) is 2.76. The summed E-state index contributed by atoms with van der Waals surface area (Å²) < 4.78 is 0. The molecule has 4 heteroatoms. The van der Waals surface area contributed by atoms with Gasteiger partial charge in [-0.1, -0.05) is 60.7 Å². The Labute approximate surface area is 156 Å². The summed E-state index contributed by atoms with van der Waals surface area (Å²) in [4.78, 5) is 9.87. The van der Waals surface area contributed by atoms with E-state index in [0.717, 1.165) is 52.2 Å². The molecule has 1 N–H and O–H groups in total. The number of aliphatic imine (C=N–C) groups is 1. The van der Waals surface area contributed by atoms with Gasteiger partial charge < -0.3 is 5.32 Å². The molecule has 2 heterocycles. The number of piperazine rings is 1. The van der Waals surface area contributed by atoms with Crippen LogP contribution in [0.3, 0.4) is 0 Å². The maximum atomic E-state index is 4.64. The van der Waals surface area contributed by atoms with Gasteiger partial charge in [0.25, 0.3) is 0 Å². The second-order valence-electron chi connectivity index (χ2n) is 7.29. The first kappa shape index (κ1) is 17.3. The van der Waals surface area contributed by atoms with Gasteiger partial charge in [-0.05, 0) is 11.1 Å². The third-order valence-electron chi connectivity index (χ3n) is 5.34. The molecule has 2 aromatic rings. The van der Waals surface area contributed by atoms with E-state index in [1.807, 2.05) is 0 Å². The molecule has 0 spiro atoms. The number of amidine groups is 1. The Morgan fingerprint density at radius 2 is 1.58 bits per heavy atom. The van der Waals surface area contributed by atoms with Gasteiger partial charge in [0, 0.05) is 51.7 Å². The van der Waals surface area contributed by atoms with E-state index in [2.05, 4.69) is 80.8 Å². The van der Waals surface area contributed by atoms with Crippen molar-refractivity contribution in [2.45, 2.75) is 25.6 Å². The molecule has 0 aromatic heterocycles. The summed E-state index contributed by atoms with van der Waals surface area (Å²) in [6.07, 6.45) is 1.03. The van der Waals surface area contributed by atoms with E-state index in [-0.39, 0.29) is 0 Å². The van der Waals surface area contributed by atoms with Crippen LogP contribution in [0.15, 0.2) is 65.7 Å². The van der Waals surface area contributed by atoms with E-state index < -0.39 is 0 Å². The molecule has 2 aliphatic rings. The molecule has 4 nitrogen and oxygen atoms in total. The van der Waals surface area contributed by atoms with Crippen molar-refractivity contribution >= 4 is 5.84 Å². The lowest BCUT2D eigenvalue weighted by Gasteiger charge is -2.41. The van der Waals surface area contributed by atoms with Crippen LogP contribution in [-0.2, 0) is 13.1 Å². The summed E-state index contributed by atoms with van der Waals surface area (Å²) in [5.74, 6) is 1.19. The summed E-state index contributed by atoms with van der Waals surface area (Å²) in [5.41, 5.74) is 2.80. The van der Waals surface area contributed by atoms with E-state index in [9.17, 15) is 0 Å². The molecule has 136 valence electrons. The van der Waals surface area contributed by atoms with Crippen molar-refractivity contribution in [1.82, 2.24) is 15.1 Å². The fourth-order valence-corrected chi connectivity index (χ4v) is 3.97.